The maximum Gasteiger partial charge on any atom is 0.255 e. The normalized spacial score (nSPS) is 34.4. The smallest absolute Gasteiger partial charge is 0.255 e. The van der Waals surface area contributed by atoms with Crippen molar-refractivity contribution in [2.24, 2.45) is 5.41 Å². The minimum Gasteiger partial charge on any atom is -0.309 e. The van der Waals surface area contributed by atoms with Gasteiger partial charge in [-0.3, -0.25) is 0 Å². The number of hydrogen-bond donors (Lipinski definition) is 0. The Morgan fingerprint density at radius 1 is 1.36 bits per heavy atom. The highest BCUT2D eigenvalue weighted by Crippen LogP contribution is 2.62. The number of hydrogen-bond acceptors (Lipinski definition) is 1. The number of halogens is 2. The van der Waals surface area contributed by atoms with Crippen LogP contribution >= 0.6 is 0 Å². The van der Waals surface area contributed by atoms with Crippen molar-refractivity contribution in [1.82, 2.24) is 4.90 Å². The molecule has 1 saturated carbocycles. The van der Waals surface area contributed by atoms with Gasteiger partial charge in [-0.1, -0.05) is 6.92 Å². The van der Waals surface area contributed by atoms with E-state index >= 15 is 0 Å². The molecule has 1 nitrogen and oxygen atoms in total. The Morgan fingerprint density at radius 2 is 1.82 bits per heavy atom. The Labute approximate surface area is 66.4 Å². The van der Waals surface area contributed by atoms with Crippen molar-refractivity contribution in [3.63, 3.8) is 0 Å². The summed E-state index contributed by atoms with van der Waals surface area (Å²) in [5.74, 6) is -2.40. The third-order valence-electron chi connectivity index (χ3n) is 2.51. The van der Waals surface area contributed by atoms with Gasteiger partial charge in [-0.15, -0.1) is 0 Å². The molecule has 0 aliphatic heterocycles. The van der Waals surface area contributed by atoms with Gasteiger partial charge in [-0.05, 0) is 20.5 Å². The summed E-state index contributed by atoms with van der Waals surface area (Å²) in [6.07, 6.45) is 0.660. The summed E-state index contributed by atoms with van der Waals surface area (Å²) in [5, 5.41) is 0. The zero-order valence-electron chi connectivity index (χ0n) is 7.32. The van der Waals surface area contributed by atoms with Gasteiger partial charge in [0.15, 0.2) is 0 Å². The molecule has 0 N–H and O–H groups in total. The first-order valence-corrected chi connectivity index (χ1v) is 3.96. The van der Waals surface area contributed by atoms with E-state index in [4.69, 9.17) is 0 Å². The summed E-state index contributed by atoms with van der Waals surface area (Å²) in [7, 11) is 3.68. The zero-order chi connectivity index (χ0) is 8.70. The Kier molecular flexibility index (Phi) is 1.95. The van der Waals surface area contributed by atoms with Crippen molar-refractivity contribution in [1.29, 1.82) is 0 Å². The average molecular weight is 163 g/mol. The predicted octanol–water partition coefficient (Wildman–Crippen LogP) is 1.98. The molecule has 0 aromatic heterocycles. The molecule has 0 spiro atoms. The lowest BCUT2D eigenvalue weighted by atomic mass is 10.0. The molecule has 0 amide bonds. The maximum atomic E-state index is 12.8. The SMILES string of the molecule is CC[C@@]1(CN(C)C)CC1(F)F. The minimum absolute atomic E-state index is 0.0781. The van der Waals surface area contributed by atoms with Crippen molar-refractivity contribution in [3.05, 3.63) is 0 Å². The quantitative estimate of drug-likeness (QED) is 0.615. The number of alkyl halides is 2. The first-order valence-electron chi connectivity index (χ1n) is 3.96. The Bertz CT molecular complexity index is 156. The highest BCUT2D eigenvalue weighted by Gasteiger charge is 2.69. The second-order valence-electron chi connectivity index (χ2n) is 3.75. The van der Waals surface area contributed by atoms with Crippen molar-refractivity contribution < 1.29 is 8.78 Å². The highest BCUT2D eigenvalue weighted by atomic mass is 19.3. The van der Waals surface area contributed by atoms with Crippen molar-refractivity contribution in [2.45, 2.75) is 25.7 Å². The van der Waals surface area contributed by atoms with Crippen molar-refractivity contribution in [2.75, 3.05) is 20.6 Å². The summed E-state index contributed by atoms with van der Waals surface area (Å²) < 4.78 is 25.6. The minimum atomic E-state index is -2.40. The van der Waals surface area contributed by atoms with Crippen LogP contribution in [0, 0.1) is 5.41 Å². The first-order chi connectivity index (χ1) is 4.93. The molecule has 0 aromatic carbocycles. The summed E-state index contributed by atoms with van der Waals surface area (Å²) in [6.45, 7) is 2.35. The lowest BCUT2D eigenvalue weighted by Crippen LogP contribution is -2.26. The van der Waals surface area contributed by atoms with Crippen LogP contribution in [0.1, 0.15) is 19.8 Å². The molecular weight excluding hydrogens is 148 g/mol. The van der Waals surface area contributed by atoms with E-state index < -0.39 is 11.3 Å². The van der Waals surface area contributed by atoms with Crippen molar-refractivity contribution >= 4 is 0 Å². The van der Waals surface area contributed by atoms with E-state index in [2.05, 4.69) is 0 Å². The fourth-order valence-electron chi connectivity index (χ4n) is 1.65. The van der Waals surface area contributed by atoms with E-state index in [1.807, 2.05) is 25.9 Å². The molecule has 11 heavy (non-hydrogen) atoms. The number of rotatable bonds is 3. The van der Waals surface area contributed by atoms with Crippen LogP contribution in [-0.4, -0.2) is 31.5 Å². The summed E-state index contributed by atoms with van der Waals surface area (Å²) in [6, 6.07) is 0. The van der Waals surface area contributed by atoms with Gasteiger partial charge in [0.05, 0.1) is 5.41 Å². The second-order valence-corrected chi connectivity index (χ2v) is 3.75. The van der Waals surface area contributed by atoms with Crippen LogP contribution in [0.3, 0.4) is 0 Å². The number of nitrogens with zero attached hydrogens (tertiary/aromatic N) is 1. The van der Waals surface area contributed by atoms with Crippen LogP contribution in [-0.2, 0) is 0 Å². The largest absolute Gasteiger partial charge is 0.309 e. The molecule has 1 aliphatic carbocycles. The van der Waals surface area contributed by atoms with E-state index in [-0.39, 0.29) is 6.42 Å². The van der Waals surface area contributed by atoms with Crippen LogP contribution < -0.4 is 0 Å². The van der Waals surface area contributed by atoms with Gasteiger partial charge < -0.3 is 4.90 Å². The lowest BCUT2D eigenvalue weighted by molar-refractivity contribution is 0.0511. The molecule has 1 rings (SSSR count). The molecule has 66 valence electrons. The fraction of sp³-hybridized carbons (Fsp3) is 1.00. The zero-order valence-corrected chi connectivity index (χ0v) is 7.32. The Balaban J connectivity index is 2.53. The monoisotopic (exact) mass is 163 g/mol. The Morgan fingerprint density at radius 3 is 1.91 bits per heavy atom. The lowest BCUT2D eigenvalue weighted by Gasteiger charge is -2.18. The van der Waals surface area contributed by atoms with Crippen molar-refractivity contribution in [3.8, 4) is 0 Å². The van der Waals surface area contributed by atoms with E-state index in [0.29, 0.717) is 13.0 Å². The molecule has 0 unspecified atom stereocenters. The van der Waals surface area contributed by atoms with E-state index in [1.54, 1.807) is 0 Å². The maximum absolute atomic E-state index is 12.8. The summed E-state index contributed by atoms with van der Waals surface area (Å²) in [4.78, 5) is 1.84. The van der Waals surface area contributed by atoms with Crippen LogP contribution in [0.4, 0.5) is 8.78 Å². The van der Waals surface area contributed by atoms with Crippen LogP contribution in [0.15, 0.2) is 0 Å². The average Bonchev–Trinajstić information content (AvgIpc) is 2.33. The molecule has 3 heteroatoms. The van der Waals surface area contributed by atoms with Crippen LogP contribution in [0.5, 0.6) is 0 Å². The third kappa shape index (κ3) is 1.39. The molecule has 0 radical (unpaired) electrons. The molecule has 0 saturated heterocycles. The standard InChI is InChI=1S/C8H15F2N/c1-4-7(6-11(2)3)5-8(7,9)10/h4-6H2,1-3H3/t7-/m0/s1. The molecule has 1 atom stereocenters. The molecular formula is C8H15F2N. The fourth-order valence-corrected chi connectivity index (χ4v) is 1.65. The molecule has 0 heterocycles. The van der Waals surface area contributed by atoms with Crippen LogP contribution in [0.25, 0.3) is 0 Å². The summed E-state index contributed by atoms with van der Waals surface area (Å²) >= 11 is 0. The molecule has 0 aromatic rings. The third-order valence-corrected chi connectivity index (χ3v) is 2.51. The van der Waals surface area contributed by atoms with Crippen LogP contribution in [0.2, 0.25) is 0 Å². The van der Waals surface area contributed by atoms with Gasteiger partial charge >= 0.3 is 0 Å². The van der Waals surface area contributed by atoms with E-state index in [9.17, 15) is 8.78 Å². The predicted molar refractivity (Wildman–Crippen MR) is 40.8 cm³/mol. The van der Waals surface area contributed by atoms with Gasteiger partial charge in [0.1, 0.15) is 0 Å². The topological polar surface area (TPSA) is 3.24 Å². The van der Waals surface area contributed by atoms with Gasteiger partial charge in [0.2, 0.25) is 0 Å². The molecule has 0 bridgehead atoms. The molecule has 1 fully saturated rings. The second kappa shape index (κ2) is 2.41. The van der Waals surface area contributed by atoms with Gasteiger partial charge in [0.25, 0.3) is 5.92 Å². The van der Waals surface area contributed by atoms with E-state index in [1.165, 1.54) is 0 Å². The highest BCUT2D eigenvalue weighted by molar-refractivity contribution is 5.10. The molecule has 1 aliphatic rings. The first kappa shape index (κ1) is 8.91. The van der Waals surface area contributed by atoms with Gasteiger partial charge in [-0.25, -0.2) is 8.78 Å². The van der Waals surface area contributed by atoms with E-state index in [0.717, 1.165) is 0 Å². The van der Waals surface area contributed by atoms with Gasteiger partial charge in [0, 0.05) is 13.0 Å². The summed E-state index contributed by atoms with van der Waals surface area (Å²) in [5.41, 5.74) is -0.698. The van der Waals surface area contributed by atoms with Gasteiger partial charge in [-0.2, -0.15) is 0 Å². The Hall–Kier alpha value is -0.180.